The molecule has 4 atom stereocenters. The van der Waals surface area contributed by atoms with Crippen molar-refractivity contribution in [1.29, 1.82) is 0 Å². The SMILES string of the molecule is O=C(Nc1cncc(O)c1)C1CCC(N2C(=O)[C@@H]3[C@@H]4CC[C@@H](C4)[C@@H]3C2=O)CC1. The van der Waals surface area contributed by atoms with E-state index in [-0.39, 0.29) is 47.3 Å². The molecule has 2 N–H and O–H groups in total. The topological polar surface area (TPSA) is 99.6 Å². The highest BCUT2D eigenvalue weighted by Gasteiger charge is 2.61. The molecular weight excluding hydrogens is 358 g/mol. The molecular formula is C21H25N3O4. The number of rotatable bonds is 3. The maximum Gasteiger partial charge on any atom is 0.233 e. The van der Waals surface area contributed by atoms with Crippen LogP contribution in [0.2, 0.25) is 0 Å². The van der Waals surface area contributed by atoms with Crippen LogP contribution in [0.15, 0.2) is 18.5 Å². The second-order valence-corrected chi connectivity index (χ2v) is 8.86. The number of nitrogens with one attached hydrogen (secondary N) is 1. The van der Waals surface area contributed by atoms with Gasteiger partial charge in [0, 0.05) is 18.0 Å². The fourth-order valence-corrected chi connectivity index (χ4v) is 6.13. The highest BCUT2D eigenvalue weighted by Crippen LogP contribution is 2.56. The molecule has 3 aliphatic carbocycles. The maximum atomic E-state index is 13.0. The van der Waals surface area contributed by atoms with Crippen LogP contribution in [0.1, 0.15) is 44.9 Å². The number of fused-ring (bicyclic) bond motifs is 5. The lowest BCUT2D eigenvalue weighted by Gasteiger charge is -2.33. The Bertz CT molecular complexity index is 805. The molecule has 0 spiro atoms. The summed E-state index contributed by atoms with van der Waals surface area (Å²) in [5, 5.41) is 12.3. The third-order valence-corrected chi connectivity index (χ3v) is 7.39. The number of aromatic hydroxyl groups is 1. The predicted molar refractivity (Wildman–Crippen MR) is 99.9 cm³/mol. The fourth-order valence-electron chi connectivity index (χ4n) is 6.13. The summed E-state index contributed by atoms with van der Waals surface area (Å²) in [7, 11) is 0. The lowest BCUT2D eigenvalue weighted by atomic mass is 9.81. The minimum Gasteiger partial charge on any atom is -0.506 e. The Labute approximate surface area is 163 Å². The standard InChI is InChI=1S/C21H25N3O4/c25-16-8-14(9-22-10-16)23-19(26)11-3-5-15(6-4-11)24-20(27)17-12-1-2-13(7-12)18(17)21(24)28/h8-13,15,17-18,25H,1-7H2,(H,23,26)/t11?,12-,13+,15?,17-,18+. The van der Waals surface area contributed by atoms with Crippen molar-refractivity contribution >= 4 is 23.4 Å². The summed E-state index contributed by atoms with van der Waals surface area (Å²) in [6, 6.07) is 1.40. The number of amides is 3. The van der Waals surface area contributed by atoms with Gasteiger partial charge >= 0.3 is 0 Å². The molecule has 0 aromatic carbocycles. The molecule has 1 aliphatic heterocycles. The molecule has 2 heterocycles. The first-order valence-corrected chi connectivity index (χ1v) is 10.3. The third kappa shape index (κ3) is 2.71. The van der Waals surface area contributed by atoms with E-state index in [9.17, 15) is 19.5 Å². The number of hydrogen-bond acceptors (Lipinski definition) is 5. The van der Waals surface area contributed by atoms with Gasteiger partial charge < -0.3 is 10.4 Å². The molecule has 7 nitrogen and oxygen atoms in total. The van der Waals surface area contributed by atoms with Crippen molar-refractivity contribution in [1.82, 2.24) is 9.88 Å². The number of nitrogens with zero attached hydrogens (tertiary/aromatic N) is 2. The van der Waals surface area contributed by atoms with Crippen LogP contribution in [-0.4, -0.2) is 38.8 Å². The van der Waals surface area contributed by atoms with Gasteiger partial charge in [-0.15, -0.1) is 0 Å². The molecule has 4 fully saturated rings. The third-order valence-electron chi connectivity index (χ3n) is 7.39. The van der Waals surface area contributed by atoms with Crippen molar-refractivity contribution in [2.45, 2.75) is 51.0 Å². The van der Waals surface area contributed by atoms with Crippen LogP contribution in [0.4, 0.5) is 5.69 Å². The van der Waals surface area contributed by atoms with E-state index in [1.807, 2.05) is 0 Å². The van der Waals surface area contributed by atoms with Crippen LogP contribution >= 0.6 is 0 Å². The van der Waals surface area contributed by atoms with Crippen molar-refractivity contribution in [3.63, 3.8) is 0 Å². The number of carbonyl (C=O) groups excluding carboxylic acids is 3. The van der Waals surface area contributed by atoms with Crippen LogP contribution < -0.4 is 5.32 Å². The average molecular weight is 383 g/mol. The quantitative estimate of drug-likeness (QED) is 0.781. The van der Waals surface area contributed by atoms with E-state index >= 15 is 0 Å². The van der Waals surface area contributed by atoms with Gasteiger partial charge in [-0.25, -0.2) is 0 Å². The molecule has 2 bridgehead atoms. The highest BCUT2D eigenvalue weighted by molar-refractivity contribution is 6.06. The number of anilines is 1. The smallest absolute Gasteiger partial charge is 0.233 e. The minimum absolute atomic E-state index is 0.00656. The van der Waals surface area contributed by atoms with Crippen molar-refractivity contribution < 1.29 is 19.5 Å². The first kappa shape index (κ1) is 17.6. The van der Waals surface area contributed by atoms with E-state index in [2.05, 4.69) is 10.3 Å². The van der Waals surface area contributed by atoms with Crippen molar-refractivity contribution in [2.75, 3.05) is 5.32 Å². The summed E-state index contributed by atoms with van der Waals surface area (Å²) in [6.45, 7) is 0. The summed E-state index contributed by atoms with van der Waals surface area (Å²) in [5.74, 6) is 0.566. The van der Waals surface area contributed by atoms with Gasteiger partial charge in [0.05, 0.1) is 29.9 Å². The van der Waals surface area contributed by atoms with Crippen LogP contribution in [0.3, 0.4) is 0 Å². The van der Waals surface area contributed by atoms with Crippen LogP contribution in [0.5, 0.6) is 5.75 Å². The first-order chi connectivity index (χ1) is 13.5. The van der Waals surface area contributed by atoms with Gasteiger partial charge in [0.2, 0.25) is 17.7 Å². The zero-order valence-corrected chi connectivity index (χ0v) is 15.7. The maximum absolute atomic E-state index is 13.0. The Kier molecular flexibility index (Phi) is 4.14. The molecule has 3 saturated carbocycles. The van der Waals surface area contributed by atoms with E-state index < -0.39 is 0 Å². The molecule has 1 saturated heterocycles. The van der Waals surface area contributed by atoms with Gasteiger partial charge in [0.25, 0.3) is 0 Å². The highest BCUT2D eigenvalue weighted by atomic mass is 16.3. The number of pyridine rings is 1. The van der Waals surface area contributed by atoms with Gasteiger partial charge in [-0.2, -0.15) is 0 Å². The monoisotopic (exact) mass is 383 g/mol. The molecule has 5 rings (SSSR count). The van der Waals surface area contributed by atoms with Gasteiger partial charge in [0.15, 0.2) is 0 Å². The lowest BCUT2D eigenvalue weighted by molar-refractivity contribution is -0.144. The summed E-state index contributed by atoms with van der Waals surface area (Å²) in [4.78, 5) is 43.9. The number of hydrogen-bond donors (Lipinski definition) is 2. The number of carbonyl (C=O) groups is 3. The Morgan fingerprint density at radius 3 is 2.25 bits per heavy atom. The van der Waals surface area contributed by atoms with E-state index in [4.69, 9.17) is 0 Å². The normalized spacial score (nSPS) is 36.6. The second-order valence-electron chi connectivity index (χ2n) is 8.86. The zero-order valence-electron chi connectivity index (χ0n) is 15.7. The van der Waals surface area contributed by atoms with Crippen molar-refractivity contribution in [2.24, 2.45) is 29.6 Å². The lowest BCUT2D eigenvalue weighted by Crippen LogP contribution is -2.44. The van der Waals surface area contributed by atoms with Gasteiger partial charge in [-0.3, -0.25) is 24.3 Å². The van der Waals surface area contributed by atoms with E-state index in [1.165, 1.54) is 18.5 Å². The molecule has 0 unspecified atom stereocenters. The van der Waals surface area contributed by atoms with Crippen molar-refractivity contribution in [3.05, 3.63) is 18.5 Å². The first-order valence-electron chi connectivity index (χ1n) is 10.3. The number of aromatic nitrogens is 1. The van der Waals surface area contributed by atoms with Gasteiger partial charge in [-0.1, -0.05) is 0 Å². The molecule has 28 heavy (non-hydrogen) atoms. The van der Waals surface area contributed by atoms with E-state index in [0.29, 0.717) is 43.2 Å². The molecule has 148 valence electrons. The predicted octanol–water partition coefficient (Wildman–Crippen LogP) is 2.32. The minimum atomic E-state index is -0.151. The Balaban J connectivity index is 1.21. The number of imide groups is 1. The van der Waals surface area contributed by atoms with Crippen LogP contribution in [0.25, 0.3) is 0 Å². The molecule has 0 radical (unpaired) electrons. The summed E-state index contributed by atoms with van der Waals surface area (Å²) >= 11 is 0. The average Bonchev–Trinajstić information content (AvgIpc) is 3.36. The van der Waals surface area contributed by atoms with Crippen LogP contribution in [-0.2, 0) is 14.4 Å². The summed E-state index contributed by atoms with van der Waals surface area (Å²) in [6.07, 6.45) is 8.72. The van der Waals surface area contributed by atoms with Crippen molar-refractivity contribution in [3.8, 4) is 5.75 Å². The van der Waals surface area contributed by atoms with Gasteiger partial charge in [-0.05, 0) is 56.8 Å². The van der Waals surface area contributed by atoms with E-state index in [1.54, 1.807) is 4.90 Å². The summed E-state index contributed by atoms with van der Waals surface area (Å²) in [5.41, 5.74) is 0.473. The summed E-state index contributed by atoms with van der Waals surface area (Å²) < 4.78 is 0. The Morgan fingerprint density at radius 1 is 1.00 bits per heavy atom. The largest absolute Gasteiger partial charge is 0.506 e. The van der Waals surface area contributed by atoms with E-state index in [0.717, 1.165) is 19.3 Å². The molecule has 4 aliphatic rings. The van der Waals surface area contributed by atoms with Gasteiger partial charge in [0.1, 0.15) is 5.75 Å². The zero-order chi connectivity index (χ0) is 19.4. The molecule has 7 heteroatoms. The second kappa shape index (κ2) is 6.57. The fraction of sp³-hybridized carbons (Fsp3) is 0.619. The molecule has 3 amide bonds. The molecule has 1 aromatic rings. The Hall–Kier alpha value is -2.44. The van der Waals surface area contributed by atoms with Crippen LogP contribution in [0, 0.1) is 29.6 Å². The number of likely N-dealkylation sites (tertiary alicyclic amines) is 1. The Morgan fingerprint density at radius 2 is 1.64 bits per heavy atom. The molecule has 1 aromatic heterocycles.